The van der Waals surface area contributed by atoms with Gasteiger partial charge in [-0.2, -0.15) is 0 Å². The van der Waals surface area contributed by atoms with Crippen molar-refractivity contribution in [2.24, 2.45) is 0 Å². The lowest BCUT2D eigenvalue weighted by atomic mass is 10.2. The first-order valence-electron chi connectivity index (χ1n) is 8.40. The van der Waals surface area contributed by atoms with E-state index >= 15 is 0 Å². The average molecular weight is 542 g/mol. The predicted octanol–water partition coefficient (Wildman–Crippen LogP) is 5.76. The molecule has 2 aromatic rings. The lowest BCUT2D eigenvalue weighted by Crippen LogP contribution is -2.27. The van der Waals surface area contributed by atoms with Crippen LogP contribution in [0, 0.1) is 10.1 Å². The normalized spacial score (nSPS) is 15.3. The van der Waals surface area contributed by atoms with Gasteiger partial charge in [-0.15, -0.1) is 0 Å². The van der Waals surface area contributed by atoms with Gasteiger partial charge in [0, 0.05) is 18.7 Å². The quantitative estimate of drug-likeness (QED) is 0.262. The number of thioether (sulfide) groups is 1. The van der Waals surface area contributed by atoms with E-state index < -0.39 is 4.92 Å². The Morgan fingerprint density at radius 1 is 1.17 bits per heavy atom. The van der Waals surface area contributed by atoms with Crippen LogP contribution < -0.4 is 4.74 Å². The Labute approximate surface area is 187 Å². The lowest BCUT2D eigenvalue weighted by Gasteiger charge is -2.12. The van der Waals surface area contributed by atoms with E-state index in [0.29, 0.717) is 26.1 Å². The molecule has 1 aliphatic rings. The van der Waals surface area contributed by atoms with Crippen LogP contribution in [0.3, 0.4) is 0 Å². The van der Waals surface area contributed by atoms with Crippen LogP contribution in [0.15, 0.2) is 50.2 Å². The zero-order chi connectivity index (χ0) is 21.1. The van der Waals surface area contributed by atoms with E-state index in [4.69, 9.17) is 4.74 Å². The van der Waals surface area contributed by atoms with Gasteiger partial charge in [-0.1, -0.05) is 0 Å². The standard InChI is InChI=1S/C19H14Br2N2O5S/c1-2-22-18(24)16(29-19(22)25)9-12-7-14(20)17(15(21)8-12)28-10-11-3-5-13(6-4-11)23(26)27/h3-9H,2,10H2,1H3/b16-9+. The summed E-state index contributed by atoms with van der Waals surface area (Å²) < 4.78 is 7.16. The largest absolute Gasteiger partial charge is 0.487 e. The number of hydrogen-bond donors (Lipinski definition) is 0. The highest BCUT2D eigenvalue weighted by atomic mass is 79.9. The van der Waals surface area contributed by atoms with E-state index in [1.807, 2.05) is 0 Å². The number of likely N-dealkylation sites (N-methyl/N-ethyl adjacent to an activating group) is 1. The molecule has 7 nitrogen and oxygen atoms in total. The molecule has 150 valence electrons. The maximum absolute atomic E-state index is 12.2. The summed E-state index contributed by atoms with van der Waals surface area (Å²) in [5.74, 6) is 0.260. The van der Waals surface area contributed by atoms with Crippen molar-refractivity contribution in [2.75, 3.05) is 6.54 Å². The topological polar surface area (TPSA) is 89.8 Å². The number of carbonyl (C=O) groups is 2. The number of imide groups is 1. The van der Waals surface area contributed by atoms with Gasteiger partial charge in [0.25, 0.3) is 16.8 Å². The molecule has 0 N–H and O–H groups in total. The van der Waals surface area contributed by atoms with Crippen LogP contribution in [-0.4, -0.2) is 27.5 Å². The zero-order valence-electron chi connectivity index (χ0n) is 15.1. The van der Waals surface area contributed by atoms with Crippen molar-refractivity contribution in [2.45, 2.75) is 13.5 Å². The molecule has 2 aromatic carbocycles. The molecule has 1 saturated heterocycles. The van der Waals surface area contributed by atoms with E-state index in [0.717, 1.165) is 22.9 Å². The van der Waals surface area contributed by atoms with Crippen molar-refractivity contribution in [3.63, 3.8) is 0 Å². The molecular formula is C19H14Br2N2O5S. The van der Waals surface area contributed by atoms with E-state index in [9.17, 15) is 19.7 Å². The Kier molecular flexibility index (Phi) is 6.76. The highest BCUT2D eigenvalue weighted by molar-refractivity contribution is 9.11. The minimum atomic E-state index is -0.453. The molecule has 1 heterocycles. The summed E-state index contributed by atoms with van der Waals surface area (Å²) in [4.78, 5) is 35.9. The Hall–Kier alpha value is -2.17. The van der Waals surface area contributed by atoms with E-state index in [1.54, 1.807) is 37.3 Å². The summed E-state index contributed by atoms with van der Waals surface area (Å²) in [5.41, 5.74) is 1.53. The van der Waals surface area contributed by atoms with Gasteiger partial charge in [0.15, 0.2) is 0 Å². The Morgan fingerprint density at radius 2 is 1.79 bits per heavy atom. The van der Waals surface area contributed by atoms with Crippen LogP contribution in [0.4, 0.5) is 10.5 Å². The molecule has 0 aromatic heterocycles. The van der Waals surface area contributed by atoms with Crippen LogP contribution in [-0.2, 0) is 11.4 Å². The molecule has 0 unspecified atom stereocenters. The Balaban J connectivity index is 1.76. The molecule has 0 saturated carbocycles. The summed E-state index contributed by atoms with van der Waals surface area (Å²) in [5, 5.41) is 10.5. The van der Waals surface area contributed by atoms with Gasteiger partial charge < -0.3 is 4.74 Å². The molecule has 3 rings (SSSR count). The van der Waals surface area contributed by atoms with Gasteiger partial charge in [0.2, 0.25) is 0 Å². The number of carbonyl (C=O) groups excluding carboxylic acids is 2. The molecule has 10 heteroatoms. The number of amides is 2. The van der Waals surface area contributed by atoms with Gasteiger partial charge >= 0.3 is 0 Å². The zero-order valence-corrected chi connectivity index (χ0v) is 19.0. The van der Waals surface area contributed by atoms with E-state index in [1.165, 1.54) is 17.0 Å². The van der Waals surface area contributed by atoms with Crippen molar-refractivity contribution in [3.05, 3.63) is 71.5 Å². The second-order valence-electron chi connectivity index (χ2n) is 5.95. The summed E-state index contributed by atoms with van der Waals surface area (Å²) in [6, 6.07) is 9.70. The molecule has 2 amide bonds. The van der Waals surface area contributed by atoms with Gasteiger partial charge in [-0.05, 0) is 92.0 Å². The van der Waals surface area contributed by atoms with E-state index in [2.05, 4.69) is 31.9 Å². The third-order valence-corrected chi connectivity index (χ3v) is 6.12. The number of ether oxygens (including phenoxy) is 1. The molecule has 1 fully saturated rings. The predicted molar refractivity (Wildman–Crippen MR) is 118 cm³/mol. The average Bonchev–Trinajstić information content (AvgIpc) is 2.94. The second kappa shape index (κ2) is 9.10. The first kappa shape index (κ1) is 21.5. The van der Waals surface area contributed by atoms with Crippen LogP contribution in [0.2, 0.25) is 0 Å². The van der Waals surface area contributed by atoms with Crippen LogP contribution in [0.1, 0.15) is 18.1 Å². The van der Waals surface area contributed by atoms with Crippen molar-refractivity contribution >= 4 is 66.5 Å². The maximum atomic E-state index is 12.2. The Bertz CT molecular complexity index is 1000. The third-order valence-electron chi connectivity index (χ3n) is 4.04. The summed E-state index contributed by atoms with van der Waals surface area (Å²) in [7, 11) is 0. The van der Waals surface area contributed by atoms with Crippen LogP contribution >= 0.6 is 43.6 Å². The summed E-state index contributed by atoms with van der Waals surface area (Å²) in [6.07, 6.45) is 1.66. The van der Waals surface area contributed by atoms with Crippen LogP contribution in [0.5, 0.6) is 5.75 Å². The number of non-ortho nitro benzene ring substituents is 1. The molecule has 29 heavy (non-hydrogen) atoms. The minimum Gasteiger partial charge on any atom is -0.487 e. The number of benzene rings is 2. The van der Waals surface area contributed by atoms with Crippen molar-refractivity contribution < 1.29 is 19.2 Å². The third kappa shape index (κ3) is 4.88. The summed E-state index contributed by atoms with van der Waals surface area (Å²) in [6.45, 7) is 2.32. The van der Waals surface area contributed by atoms with Gasteiger partial charge in [0.1, 0.15) is 12.4 Å². The second-order valence-corrected chi connectivity index (χ2v) is 8.65. The van der Waals surface area contributed by atoms with E-state index in [-0.39, 0.29) is 23.4 Å². The highest BCUT2D eigenvalue weighted by Gasteiger charge is 2.33. The fraction of sp³-hybridized carbons (Fsp3) is 0.158. The number of nitro benzene ring substituents is 1. The van der Waals surface area contributed by atoms with Crippen LogP contribution in [0.25, 0.3) is 6.08 Å². The highest BCUT2D eigenvalue weighted by Crippen LogP contribution is 2.38. The smallest absolute Gasteiger partial charge is 0.293 e. The first-order chi connectivity index (χ1) is 13.8. The van der Waals surface area contributed by atoms with Crippen molar-refractivity contribution in [3.8, 4) is 5.75 Å². The molecule has 0 bridgehead atoms. The monoisotopic (exact) mass is 540 g/mol. The van der Waals surface area contributed by atoms with Crippen molar-refractivity contribution in [1.29, 1.82) is 0 Å². The fourth-order valence-corrected chi connectivity index (χ4v) is 4.95. The molecule has 0 atom stereocenters. The van der Waals surface area contributed by atoms with Gasteiger partial charge in [0.05, 0.1) is 18.8 Å². The maximum Gasteiger partial charge on any atom is 0.293 e. The summed E-state index contributed by atoms with van der Waals surface area (Å²) >= 11 is 7.84. The van der Waals surface area contributed by atoms with Gasteiger partial charge in [-0.3, -0.25) is 24.6 Å². The number of nitro groups is 1. The SMILES string of the molecule is CCN1C(=O)S/C(=C/c2cc(Br)c(OCc3ccc([N+](=O)[O-])cc3)c(Br)c2)C1=O. The van der Waals surface area contributed by atoms with Gasteiger partial charge in [-0.25, -0.2) is 0 Å². The minimum absolute atomic E-state index is 0.0213. The molecular weight excluding hydrogens is 528 g/mol. The molecule has 0 spiro atoms. The lowest BCUT2D eigenvalue weighted by molar-refractivity contribution is -0.384. The molecule has 0 aliphatic carbocycles. The number of halogens is 2. The Morgan fingerprint density at radius 3 is 2.31 bits per heavy atom. The number of nitrogens with zero attached hydrogens (tertiary/aromatic N) is 2. The molecule has 1 aliphatic heterocycles. The first-order valence-corrected chi connectivity index (χ1v) is 10.8. The molecule has 0 radical (unpaired) electrons. The fourth-order valence-electron chi connectivity index (χ4n) is 2.59. The number of hydrogen-bond acceptors (Lipinski definition) is 6. The number of rotatable bonds is 6. The van der Waals surface area contributed by atoms with Crippen molar-refractivity contribution in [1.82, 2.24) is 4.90 Å².